The van der Waals surface area contributed by atoms with Crippen molar-refractivity contribution in [2.24, 2.45) is 0 Å². The minimum Gasteiger partial charge on any atom is -0.362 e. The number of nitrogens with zero attached hydrogens (tertiary/aromatic N) is 4. The minimum atomic E-state index is 0.321. The molecule has 0 saturated carbocycles. The lowest BCUT2D eigenvalue weighted by Crippen LogP contribution is -2.14. The number of aromatic nitrogens is 1. The highest BCUT2D eigenvalue weighted by atomic mass is 32.1. The number of hydrogen-bond acceptors (Lipinski definition) is 5. The number of anilines is 1. The fourth-order valence-corrected chi connectivity index (χ4v) is 2.25. The van der Waals surface area contributed by atoms with Crippen LogP contribution in [0.1, 0.15) is 11.1 Å². The van der Waals surface area contributed by atoms with Gasteiger partial charge in [-0.25, -0.2) is 4.98 Å². The largest absolute Gasteiger partial charge is 0.362 e. The van der Waals surface area contributed by atoms with Crippen molar-refractivity contribution in [1.29, 1.82) is 10.5 Å². The number of benzene rings is 1. The van der Waals surface area contributed by atoms with Gasteiger partial charge in [-0.3, -0.25) is 0 Å². The zero-order chi connectivity index (χ0) is 14.7. The lowest BCUT2D eigenvalue weighted by molar-refractivity contribution is 1.01. The van der Waals surface area contributed by atoms with Crippen molar-refractivity contribution in [2.75, 3.05) is 19.0 Å². The molecule has 0 aliphatic heterocycles. The summed E-state index contributed by atoms with van der Waals surface area (Å²) in [7, 11) is 3.61. The molecule has 0 radical (unpaired) electrons. The van der Waals surface area contributed by atoms with Crippen LogP contribution in [0, 0.1) is 22.7 Å². The van der Waals surface area contributed by atoms with Crippen molar-refractivity contribution in [3.05, 3.63) is 41.5 Å². The fourth-order valence-electron chi connectivity index (χ4n) is 1.99. The van der Waals surface area contributed by atoms with Gasteiger partial charge >= 0.3 is 0 Å². The first-order valence-electron chi connectivity index (χ1n) is 5.90. The van der Waals surface area contributed by atoms with Crippen LogP contribution in [0.5, 0.6) is 0 Å². The van der Waals surface area contributed by atoms with Gasteiger partial charge in [-0.2, -0.15) is 10.5 Å². The van der Waals surface area contributed by atoms with E-state index >= 15 is 0 Å². The van der Waals surface area contributed by atoms with Gasteiger partial charge in [-0.05, 0) is 5.56 Å². The first-order valence-corrected chi connectivity index (χ1v) is 6.34. The fraction of sp³-hybridized carbons (Fsp3) is 0.133. The third-order valence-electron chi connectivity index (χ3n) is 2.87. The summed E-state index contributed by atoms with van der Waals surface area (Å²) < 4.78 is 0. The van der Waals surface area contributed by atoms with Gasteiger partial charge in [0.1, 0.15) is 28.5 Å². The molecule has 0 spiro atoms. The van der Waals surface area contributed by atoms with Gasteiger partial charge in [0.05, 0.1) is 5.56 Å². The SMILES string of the molecule is CN(C)c1nc(S)c(C#N)c(-c2ccccc2)c1C#N. The van der Waals surface area contributed by atoms with Crippen LogP contribution in [0.2, 0.25) is 0 Å². The second-order valence-corrected chi connectivity index (χ2v) is 4.79. The third-order valence-corrected chi connectivity index (χ3v) is 3.19. The summed E-state index contributed by atoms with van der Waals surface area (Å²) in [4.78, 5) is 5.99. The Morgan fingerprint density at radius 2 is 1.65 bits per heavy atom. The molecule has 2 rings (SSSR count). The van der Waals surface area contributed by atoms with E-state index in [1.807, 2.05) is 30.3 Å². The van der Waals surface area contributed by atoms with Crippen LogP contribution in [0.3, 0.4) is 0 Å². The zero-order valence-electron chi connectivity index (χ0n) is 11.1. The van der Waals surface area contributed by atoms with Crippen LogP contribution in [-0.2, 0) is 0 Å². The van der Waals surface area contributed by atoms with E-state index in [0.717, 1.165) is 5.56 Å². The maximum absolute atomic E-state index is 9.47. The second-order valence-electron chi connectivity index (χ2n) is 4.37. The van der Waals surface area contributed by atoms with Crippen LogP contribution in [0.15, 0.2) is 35.4 Å². The van der Waals surface area contributed by atoms with Crippen LogP contribution in [0.25, 0.3) is 11.1 Å². The highest BCUT2D eigenvalue weighted by Crippen LogP contribution is 2.34. The summed E-state index contributed by atoms with van der Waals surface area (Å²) in [5.74, 6) is 0.510. The monoisotopic (exact) mass is 280 g/mol. The Hall–Kier alpha value is -2.50. The first kappa shape index (κ1) is 13.9. The summed E-state index contributed by atoms with van der Waals surface area (Å²) in [6.45, 7) is 0. The molecule has 0 N–H and O–H groups in total. The summed E-state index contributed by atoms with van der Waals surface area (Å²) in [6, 6.07) is 13.6. The van der Waals surface area contributed by atoms with Gasteiger partial charge in [0, 0.05) is 19.7 Å². The van der Waals surface area contributed by atoms with Crippen LogP contribution >= 0.6 is 12.6 Å². The van der Waals surface area contributed by atoms with Gasteiger partial charge < -0.3 is 4.90 Å². The number of pyridine rings is 1. The Labute approximate surface area is 123 Å². The smallest absolute Gasteiger partial charge is 0.148 e. The van der Waals surface area contributed by atoms with Gasteiger partial charge in [0.25, 0.3) is 0 Å². The molecule has 4 nitrogen and oxygen atoms in total. The van der Waals surface area contributed by atoms with E-state index in [1.165, 1.54) is 0 Å². The topological polar surface area (TPSA) is 63.7 Å². The molecule has 0 atom stereocenters. The lowest BCUT2D eigenvalue weighted by Gasteiger charge is -2.17. The Bertz CT molecular complexity index is 724. The summed E-state index contributed by atoms with van der Waals surface area (Å²) >= 11 is 4.28. The molecule has 2 aromatic rings. The number of nitriles is 2. The van der Waals surface area contributed by atoms with Crippen LogP contribution in [-0.4, -0.2) is 19.1 Å². The molecule has 0 unspecified atom stereocenters. The van der Waals surface area contributed by atoms with Gasteiger partial charge in [-0.1, -0.05) is 30.3 Å². The molecule has 0 aliphatic carbocycles. The highest BCUT2D eigenvalue weighted by Gasteiger charge is 2.20. The molecular formula is C15H12N4S. The van der Waals surface area contributed by atoms with E-state index in [2.05, 4.69) is 29.8 Å². The van der Waals surface area contributed by atoms with E-state index in [9.17, 15) is 10.5 Å². The van der Waals surface area contributed by atoms with Crippen molar-refractivity contribution in [3.8, 4) is 23.3 Å². The quantitative estimate of drug-likeness (QED) is 0.859. The number of thiol groups is 1. The number of rotatable bonds is 2. The third kappa shape index (κ3) is 2.32. The van der Waals surface area contributed by atoms with Crippen LogP contribution in [0.4, 0.5) is 5.82 Å². The Morgan fingerprint density at radius 1 is 1.05 bits per heavy atom. The molecule has 0 amide bonds. The predicted molar refractivity (Wildman–Crippen MR) is 80.7 cm³/mol. The normalized spacial score (nSPS) is 9.65. The average molecular weight is 280 g/mol. The molecule has 5 heteroatoms. The number of hydrogen-bond donors (Lipinski definition) is 1. The average Bonchev–Trinajstić information content (AvgIpc) is 2.46. The lowest BCUT2D eigenvalue weighted by atomic mass is 9.97. The van der Waals surface area contributed by atoms with E-state index in [1.54, 1.807) is 19.0 Å². The standard InChI is InChI=1S/C15H12N4S/c1-19(2)14-11(8-16)13(10-6-4-3-5-7-10)12(9-17)15(20)18-14/h3-7H,1-2H3,(H,18,20). The van der Waals surface area contributed by atoms with Gasteiger partial charge in [-0.15, -0.1) is 12.6 Å². The molecule has 0 aliphatic rings. The second kappa shape index (κ2) is 5.64. The molecule has 1 heterocycles. The molecular weight excluding hydrogens is 268 g/mol. The molecule has 1 aromatic carbocycles. The van der Waals surface area contributed by atoms with Gasteiger partial charge in [0.15, 0.2) is 0 Å². The van der Waals surface area contributed by atoms with Crippen molar-refractivity contribution < 1.29 is 0 Å². The Morgan fingerprint density at radius 3 is 2.15 bits per heavy atom. The molecule has 0 bridgehead atoms. The zero-order valence-corrected chi connectivity index (χ0v) is 12.0. The molecule has 0 fully saturated rings. The van der Waals surface area contributed by atoms with Crippen molar-refractivity contribution in [1.82, 2.24) is 4.98 Å². The summed E-state index contributed by atoms with van der Waals surface area (Å²) in [5, 5.41) is 19.1. The van der Waals surface area contributed by atoms with Crippen molar-refractivity contribution in [3.63, 3.8) is 0 Å². The molecule has 98 valence electrons. The maximum Gasteiger partial charge on any atom is 0.148 e. The van der Waals surface area contributed by atoms with E-state index in [0.29, 0.717) is 27.5 Å². The predicted octanol–water partition coefficient (Wildman–Crippen LogP) is 2.85. The highest BCUT2D eigenvalue weighted by molar-refractivity contribution is 7.80. The Balaban J connectivity index is 2.91. The molecule has 20 heavy (non-hydrogen) atoms. The maximum atomic E-state index is 9.47. The minimum absolute atomic E-state index is 0.321. The molecule has 0 saturated heterocycles. The van der Waals surface area contributed by atoms with E-state index < -0.39 is 0 Å². The van der Waals surface area contributed by atoms with Gasteiger partial charge in [0.2, 0.25) is 0 Å². The Kier molecular flexibility index (Phi) is 3.93. The van der Waals surface area contributed by atoms with Crippen LogP contribution < -0.4 is 4.90 Å². The molecule has 1 aromatic heterocycles. The first-order chi connectivity index (χ1) is 9.60. The van der Waals surface area contributed by atoms with E-state index in [4.69, 9.17) is 0 Å². The van der Waals surface area contributed by atoms with Crippen molar-refractivity contribution >= 4 is 18.4 Å². The summed E-state index contributed by atoms with van der Waals surface area (Å²) in [6.07, 6.45) is 0. The summed E-state index contributed by atoms with van der Waals surface area (Å²) in [5.41, 5.74) is 2.10. The van der Waals surface area contributed by atoms with Crippen molar-refractivity contribution in [2.45, 2.75) is 5.03 Å². The van der Waals surface area contributed by atoms with E-state index in [-0.39, 0.29) is 0 Å².